The Hall–Kier alpha value is -0.950. The maximum atomic E-state index is 12.9. The van der Waals surface area contributed by atoms with Gasteiger partial charge in [-0.3, -0.25) is 0 Å². The number of rotatable bonds is 2. The summed E-state index contributed by atoms with van der Waals surface area (Å²) in [4.78, 5) is 0. The van der Waals surface area contributed by atoms with Gasteiger partial charge >= 0.3 is 0 Å². The molecular formula is C15H21N3O2S. The number of fused-ring (bicyclic) bond motifs is 2. The van der Waals surface area contributed by atoms with E-state index in [1.54, 1.807) is 8.61 Å². The lowest BCUT2D eigenvalue weighted by atomic mass is 10.0. The smallest absolute Gasteiger partial charge is 0.282 e. The minimum absolute atomic E-state index is 0.497. The van der Waals surface area contributed by atoms with Crippen LogP contribution in [0.25, 0.3) is 0 Å². The SMILES string of the molecule is O=S(=O)(N1CCc2ccccc2C1)N1CC2CNCC2C1. The molecule has 3 aliphatic rings. The first-order chi connectivity index (χ1) is 10.1. The van der Waals surface area contributed by atoms with Crippen LogP contribution >= 0.6 is 0 Å². The van der Waals surface area contributed by atoms with Crippen LogP contribution in [0.1, 0.15) is 11.1 Å². The summed E-state index contributed by atoms with van der Waals surface area (Å²) in [7, 11) is -3.31. The molecule has 1 aromatic carbocycles. The van der Waals surface area contributed by atoms with Crippen molar-refractivity contribution in [2.24, 2.45) is 11.8 Å². The molecule has 4 rings (SSSR count). The molecule has 0 saturated carbocycles. The maximum absolute atomic E-state index is 12.9. The Bertz CT molecular complexity index is 634. The van der Waals surface area contributed by atoms with E-state index in [2.05, 4.69) is 11.4 Å². The van der Waals surface area contributed by atoms with Crippen LogP contribution in [0.4, 0.5) is 0 Å². The van der Waals surface area contributed by atoms with Gasteiger partial charge in [-0.25, -0.2) is 0 Å². The molecule has 6 heteroatoms. The first-order valence-corrected chi connectivity index (χ1v) is 9.07. The van der Waals surface area contributed by atoms with Gasteiger partial charge in [-0.05, 0) is 42.5 Å². The Morgan fingerprint density at radius 3 is 2.38 bits per heavy atom. The zero-order chi connectivity index (χ0) is 14.4. The summed E-state index contributed by atoms with van der Waals surface area (Å²) in [6.45, 7) is 4.39. The molecule has 3 aliphatic heterocycles. The van der Waals surface area contributed by atoms with E-state index in [1.807, 2.05) is 18.2 Å². The fourth-order valence-corrected chi connectivity index (χ4v) is 5.54. The van der Waals surface area contributed by atoms with Crippen molar-refractivity contribution in [2.75, 3.05) is 32.7 Å². The van der Waals surface area contributed by atoms with Gasteiger partial charge in [0.2, 0.25) is 0 Å². The zero-order valence-corrected chi connectivity index (χ0v) is 12.8. The van der Waals surface area contributed by atoms with Gasteiger partial charge in [0, 0.05) is 26.2 Å². The molecule has 0 aliphatic carbocycles. The van der Waals surface area contributed by atoms with Crippen molar-refractivity contribution in [3.05, 3.63) is 35.4 Å². The summed E-state index contributed by atoms with van der Waals surface area (Å²) in [6, 6.07) is 8.16. The van der Waals surface area contributed by atoms with E-state index in [4.69, 9.17) is 0 Å². The second-order valence-corrected chi connectivity index (χ2v) is 8.28. The highest BCUT2D eigenvalue weighted by atomic mass is 32.2. The van der Waals surface area contributed by atoms with Crippen LogP contribution in [0, 0.1) is 11.8 Å². The summed E-state index contributed by atoms with van der Waals surface area (Å²) in [6.07, 6.45) is 0.817. The molecule has 3 heterocycles. The largest absolute Gasteiger partial charge is 0.316 e. The van der Waals surface area contributed by atoms with Gasteiger partial charge in [0.15, 0.2) is 0 Å². The first kappa shape index (κ1) is 13.7. The highest BCUT2D eigenvalue weighted by Crippen LogP contribution is 2.31. The molecule has 2 saturated heterocycles. The highest BCUT2D eigenvalue weighted by molar-refractivity contribution is 7.86. The van der Waals surface area contributed by atoms with Crippen molar-refractivity contribution in [3.8, 4) is 0 Å². The molecule has 1 aromatic rings. The van der Waals surface area contributed by atoms with Gasteiger partial charge in [-0.1, -0.05) is 24.3 Å². The average Bonchev–Trinajstić information content (AvgIpc) is 3.08. The standard InChI is InChI=1S/C15H21N3O2S/c19-21(20,18-10-14-7-16-8-15(14)11-18)17-6-5-12-3-1-2-4-13(12)9-17/h1-4,14-16H,5-11H2. The van der Waals surface area contributed by atoms with Gasteiger partial charge in [-0.15, -0.1) is 0 Å². The zero-order valence-electron chi connectivity index (χ0n) is 12.0. The van der Waals surface area contributed by atoms with E-state index in [-0.39, 0.29) is 0 Å². The number of hydrogen-bond acceptors (Lipinski definition) is 3. The summed E-state index contributed by atoms with van der Waals surface area (Å²) in [5, 5.41) is 3.35. The summed E-state index contributed by atoms with van der Waals surface area (Å²) < 4.78 is 29.1. The molecule has 2 fully saturated rings. The summed E-state index contributed by atoms with van der Waals surface area (Å²) >= 11 is 0. The summed E-state index contributed by atoms with van der Waals surface area (Å²) in [5.41, 5.74) is 2.43. The average molecular weight is 307 g/mol. The highest BCUT2D eigenvalue weighted by Gasteiger charge is 2.43. The monoisotopic (exact) mass is 307 g/mol. The lowest BCUT2D eigenvalue weighted by Gasteiger charge is -2.31. The molecule has 5 nitrogen and oxygen atoms in total. The molecular weight excluding hydrogens is 286 g/mol. The van der Waals surface area contributed by atoms with Crippen molar-refractivity contribution < 1.29 is 8.42 Å². The summed E-state index contributed by atoms with van der Waals surface area (Å²) in [5.74, 6) is 0.994. The second kappa shape index (κ2) is 5.05. The number of nitrogens with zero attached hydrogens (tertiary/aromatic N) is 2. The molecule has 0 aromatic heterocycles. The van der Waals surface area contributed by atoms with Gasteiger partial charge in [0.05, 0.1) is 0 Å². The Morgan fingerprint density at radius 2 is 1.67 bits per heavy atom. The minimum atomic E-state index is -3.31. The molecule has 1 N–H and O–H groups in total. The van der Waals surface area contributed by atoms with Crippen LogP contribution in [0.5, 0.6) is 0 Å². The third-order valence-electron chi connectivity index (χ3n) is 5.10. The number of hydrogen-bond donors (Lipinski definition) is 1. The van der Waals surface area contributed by atoms with E-state index in [0.29, 0.717) is 38.0 Å². The van der Waals surface area contributed by atoms with E-state index >= 15 is 0 Å². The third kappa shape index (κ3) is 2.30. The molecule has 2 atom stereocenters. The Kier molecular flexibility index (Phi) is 3.29. The molecule has 0 radical (unpaired) electrons. The molecule has 0 spiro atoms. The topological polar surface area (TPSA) is 52.7 Å². The van der Waals surface area contributed by atoms with Crippen LogP contribution < -0.4 is 5.32 Å². The van der Waals surface area contributed by atoms with Crippen molar-refractivity contribution in [1.29, 1.82) is 0 Å². The van der Waals surface area contributed by atoms with Gasteiger partial charge in [0.25, 0.3) is 10.2 Å². The van der Waals surface area contributed by atoms with Crippen LogP contribution in [0.3, 0.4) is 0 Å². The van der Waals surface area contributed by atoms with Crippen LogP contribution in [0.2, 0.25) is 0 Å². The normalized spacial score (nSPS) is 30.3. The maximum Gasteiger partial charge on any atom is 0.282 e. The Balaban J connectivity index is 1.54. The van der Waals surface area contributed by atoms with Crippen molar-refractivity contribution in [2.45, 2.75) is 13.0 Å². The van der Waals surface area contributed by atoms with E-state index in [9.17, 15) is 8.42 Å². The second-order valence-electron chi connectivity index (χ2n) is 6.36. The van der Waals surface area contributed by atoms with Crippen molar-refractivity contribution >= 4 is 10.2 Å². The quantitative estimate of drug-likeness (QED) is 0.863. The molecule has 21 heavy (non-hydrogen) atoms. The molecule has 0 bridgehead atoms. The van der Waals surface area contributed by atoms with Crippen LogP contribution in [-0.2, 0) is 23.2 Å². The predicted molar refractivity (Wildman–Crippen MR) is 80.9 cm³/mol. The number of nitrogens with one attached hydrogen (secondary N) is 1. The predicted octanol–water partition coefficient (Wildman–Crippen LogP) is 0.441. The van der Waals surface area contributed by atoms with Crippen LogP contribution in [-0.4, -0.2) is 49.8 Å². The van der Waals surface area contributed by atoms with Crippen LogP contribution in [0.15, 0.2) is 24.3 Å². The van der Waals surface area contributed by atoms with E-state index in [1.165, 1.54) is 5.56 Å². The van der Waals surface area contributed by atoms with E-state index in [0.717, 1.165) is 25.1 Å². The minimum Gasteiger partial charge on any atom is -0.316 e. The lowest BCUT2D eigenvalue weighted by molar-refractivity contribution is 0.338. The molecule has 114 valence electrons. The Labute approximate surface area is 126 Å². The van der Waals surface area contributed by atoms with Gasteiger partial charge in [0.1, 0.15) is 0 Å². The molecule has 0 amide bonds. The van der Waals surface area contributed by atoms with Gasteiger partial charge in [-0.2, -0.15) is 17.0 Å². The lowest BCUT2D eigenvalue weighted by Crippen LogP contribution is -2.45. The van der Waals surface area contributed by atoms with E-state index < -0.39 is 10.2 Å². The molecule has 2 unspecified atom stereocenters. The fraction of sp³-hybridized carbons (Fsp3) is 0.600. The number of benzene rings is 1. The van der Waals surface area contributed by atoms with Gasteiger partial charge < -0.3 is 5.32 Å². The third-order valence-corrected chi connectivity index (χ3v) is 7.02. The Morgan fingerprint density at radius 1 is 1.00 bits per heavy atom. The van der Waals surface area contributed by atoms with Crippen molar-refractivity contribution in [1.82, 2.24) is 13.9 Å². The fourth-order valence-electron chi connectivity index (χ4n) is 3.83. The first-order valence-electron chi connectivity index (χ1n) is 7.67. The van der Waals surface area contributed by atoms with Crippen molar-refractivity contribution in [3.63, 3.8) is 0 Å².